The zero-order chi connectivity index (χ0) is 13.0. The smallest absolute Gasteiger partial charge is 0.333 e. The maximum atomic E-state index is 11.6. The fourth-order valence-corrected chi connectivity index (χ4v) is 2.80. The summed E-state index contributed by atoms with van der Waals surface area (Å²) in [5, 5.41) is 0. The van der Waals surface area contributed by atoms with E-state index in [0.717, 1.165) is 37.7 Å². The van der Waals surface area contributed by atoms with E-state index in [1.54, 1.807) is 0 Å². The Bertz CT molecular complexity index is 329. The van der Waals surface area contributed by atoms with E-state index in [1.165, 1.54) is 7.11 Å². The summed E-state index contributed by atoms with van der Waals surface area (Å²) in [4.78, 5) is 11.6. The summed E-state index contributed by atoms with van der Waals surface area (Å²) in [5.74, 6) is -0.229. The van der Waals surface area contributed by atoms with Gasteiger partial charge in [-0.15, -0.1) is 0 Å². The van der Waals surface area contributed by atoms with Crippen LogP contribution in [0.3, 0.4) is 0 Å². The standard InChI is InChI=1S/C14H22O4/c1-14(17-9-10-18-14)8-4-6-11-5-3-7-12(11)13(15)16-2/h7,11H,3-6,8-10H2,1-2H3. The summed E-state index contributed by atoms with van der Waals surface area (Å²) in [5.41, 5.74) is 0.857. The Morgan fingerprint density at radius 2 is 2.22 bits per heavy atom. The van der Waals surface area contributed by atoms with Gasteiger partial charge in [0, 0.05) is 12.0 Å². The maximum Gasteiger partial charge on any atom is 0.333 e. The minimum absolute atomic E-state index is 0.169. The summed E-state index contributed by atoms with van der Waals surface area (Å²) in [6.45, 7) is 3.37. The Hall–Kier alpha value is -0.870. The number of hydrogen-bond acceptors (Lipinski definition) is 4. The van der Waals surface area contributed by atoms with Crippen LogP contribution in [0.5, 0.6) is 0 Å². The SMILES string of the molecule is COC(=O)C1=CCCC1CCCC1(C)OCCO1. The number of methoxy groups -OCH3 is 1. The highest BCUT2D eigenvalue weighted by Gasteiger charge is 2.31. The lowest BCUT2D eigenvalue weighted by Gasteiger charge is -2.23. The Balaban J connectivity index is 1.76. The summed E-state index contributed by atoms with van der Waals surface area (Å²) in [6.07, 6.45) is 6.96. The van der Waals surface area contributed by atoms with Gasteiger partial charge in [-0.3, -0.25) is 0 Å². The molecule has 18 heavy (non-hydrogen) atoms. The highest BCUT2D eigenvalue weighted by molar-refractivity contribution is 5.89. The molecule has 2 rings (SSSR count). The third-order valence-electron chi connectivity index (χ3n) is 3.82. The molecule has 0 bridgehead atoms. The van der Waals surface area contributed by atoms with Crippen LogP contribution in [0.1, 0.15) is 39.0 Å². The molecular weight excluding hydrogens is 232 g/mol. The van der Waals surface area contributed by atoms with E-state index in [1.807, 2.05) is 13.0 Å². The highest BCUT2D eigenvalue weighted by atomic mass is 16.7. The van der Waals surface area contributed by atoms with Crippen molar-refractivity contribution < 1.29 is 19.0 Å². The molecule has 102 valence electrons. The van der Waals surface area contributed by atoms with Crippen molar-refractivity contribution in [2.24, 2.45) is 5.92 Å². The van der Waals surface area contributed by atoms with Gasteiger partial charge >= 0.3 is 5.97 Å². The second-order valence-electron chi connectivity index (χ2n) is 5.15. The third kappa shape index (κ3) is 3.12. The molecule has 0 aromatic heterocycles. The molecule has 1 heterocycles. The monoisotopic (exact) mass is 254 g/mol. The van der Waals surface area contributed by atoms with Crippen LogP contribution >= 0.6 is 0 Å². The number of carbonyl (C=O) groups is 1. The maximum absolute atomic E-state index is 11.6. The first-order valence-electron chi connectivity index (χ1n) is 6.71. The first kappa shape index (κ1) is 13.6. The zero-order valence-electron chi connectivity index (χ0n) is 11.2. The van der Waals surface area contributed by atoms with Gasteiger partial charge in [0.1, 0.15) is 0 Å². The first-order chi connectivity index (χ1) is 8.64. The predicted molar refractivity (Wildman–Crippen MR) is 67.0 cm³/mol. The van der Waals surface area contributed by atoms with Crippen LogP contribution in [0, 0.1) is 5.92 Å². The van der Waals surface area contributed by atoms with Crippen molar-refractivity contribution in [1.29, 1.82) is 0 Å². The summed E-state index contributed by atoms with van der Waals surface area (Å²) in [7, 11) is 1.44. The van der Waals surface area contributed by atoms with Crippen LogP contribution in [0.15, 0.2) is 11.6 Å². The number of hydrogen-bond donors (Lipinski definition) is 0. The predicted octanol–water partition coefficient (Wildman–Crippen LogP) is 2.43. The molecule has 0 aromatic rings. The third-order valence-corrected chi connectivity index (χ3v) is 3.82. The molecule has 1 fully saturated rings. The second-order valence-corrected chi connectivity index (χ2v) is 5.15. The minimum atomic E-state index is -0.409. The molecule has 4 heteroatoms. The van der Waals surface area contributed by atoms with E-state index >= 15 is 0 Å². The Kier molecular flexibility index (Phi) is 4.40. The molecule has 0 spiro atoms. The van der Waals surface area contributed by atoms with Gasteiger partial charge in [-0.25, -0.2) is 4.79 Å². The van der Waals surface area contributed by atoms with Crippen molar-refractivity contribution in [3.8, 4) is 0 Å². The van der Waals surface area contributed by atoms with Crippen molar-refractivity contribution >= 4 is 5.97 Å². The quantitative estimate of drug-likeness (QED) is 0.707. The van der Waals surface area contributed by atoms with E-state index in [-0.39, 0.29) is 5.97 Å². The van der Waals surface area contributed by atoms with E-state index in [0.29, 0.717) is 19.1 Å². The minimum Gasteiger partial charge on any atom is -0.466 e. The topological polar surface area (TPSA) is 44.8 Å². The summed E-state index contributed by atoms with van der Waals surface area (Å²) >= 11 is 0. The van der Waals surface area contributed by atoms with Crippen molar-refractivity contribution in [3.05, 3.63) is 11.6 Å². The first-order valence-corrected chi connectivity index (χ1v) is 6.71. The Morgan fingerprint density at radius 1 is 1.50 bits per heavy atom. The number of ether oxygens (including phenoxy) is 3. The van der Waals surface area contributed by atoms with Crippen LogP contribution in [-0.2, 0) is 19.0 Å². The van der Waals surface area contributed by atoms with Crippen molar-refractivity contribution in [2.45, 2.75) is 44.8 Å². The van der Waals surface area contributed by atoms with Crippen molar-refractivity contribution in [3.63, 3.8) is 0 Å². The van der Waals surface area contributed by atoms with E-state index in [4.69, 9.17) is 14.2 Å². The van der Waals surface area contributed by atoms with E-state index < -0.39 is 5.79 Å². The summed E-state index contributed by atoms with van der Waals surface area (Å²) in [6, 6.07) is 0. The van der Waals surface area contributed by atoms with Gasteiger partial charge in [-0.05, 0) is 38.5 Å². The van der Waals surface area contributed by atoms with Gasteiger partial charge in [-0.2, -0.15) is 0 Å². The fraction of sp³-hybridized carbons (Fsp3) is 0.786. The lowest BCUT2D eigenvalue weighted by atomic mass is 9.94. The van der Waals surface area contributed by atoms with Crippen molar-refractivity contribution in [2.75, 3.05) is 20.3 Å². The molecule has 2 aliphatic rings. The van der Waals surface area contributed by atoms with Gasteiger partial charge in [0.15, 0.2) is 5.79 Å². The fourth-order valence-electron chi connectivity index (χ4n) is 2.80. The molecule has 0 amide bonds. The van der Waals surface area contributed by atoms with Crippen molar-refractivity contribution in [1.82, 2.24) is 0 Å². The van der Waals surface area contributed by atoms with Gasteiger partial charge in [0.2, 0.25) is 0 Å². The molecular formula is C14H22O4. The molecule has 0 radical (unpaired) electrons. The number of carbonyl (C=O) groups excluding carboxylic acids is 1. The van der Waals surface area contributed by atoms with Crippen LogP contribution in [0.25, 0.3) is 0 Å². The highest BCUT2D eigenvalue weighted by Crippen LogP contribution is 2.33. The van der Waals surface area contributed by atoms with Gasteiger partial charge in [-0.1, -0.05) is 6.08 Å². The number of allylic oxidation sites excluding steroid dienone is 1. The molecule has 1 aliphatic carbocycles. The van der Waals surface area contributed by atoms with E-state index in [2.05, 4.69) is 0 Å². The largest absolute Gasteiger partial charge is 0.466 e. The summed E-state index contributed by atoms with van der Waals surface area (Å²) < 4.78 is 16.0. The average Bonchev–Trinajstić information content (AvgIpc) is 2.98. The van der Waals surface area contributed by atoms with Gasteiger partial charge in [0.05, 0.1) is 20.3 Å². The molecule has 4 nitrogen and oxygen atoms in total. The molecule has 1 saturated heterocycles. The molecule has 1 atom stereocenters. The number of rotatable bonds is 5. The Labute approximate surface area is 108 Å². The lowest BCUT2D eigenvalue weighted by Crippen LogP contribution is -2.25. The number of esters is 1. The van der Waals surface area contributed by atoms with Gasteiger partial charge < -0.3 is 14.2 Å². The van der Waals surface area contributed by atoms with Crippen LogP contribution in [-0.4, -0.2) is 32.1 Å². The molecule has 0 aromatic carbocycles. The normalized spacial score (nSPS) is 26.1. The van der Waals surface area contributed by atoms with Gasteiger partial charge in [0.25, 0.3) is 0 Å². The molecule has 1 aliphatic heterocycles. The second kappa shape index (κ2) is 5.85. The van der Waals surface area contributed by atoms with Crippen LogP contribution < -0.4 is 0 Å². The zero-order valence-corrected chi connectivity index (χ0v) is 11.2. The van der Waals surface area contributed by atoms with Crippen LogP contribution in [0.2, 0.25) is 0 Å². The van der Waals surface area contributed by atoms with E-state index in [9.17, 15) is 4.79 Å². The molecule has 0 N–H and O–H groups in total. The average molecular weight is 254 g/mol. The molecule has 1 unspecified atom stereocenters. The lowest BCUT2D eigenvalue weighted by molar-refractivity contribution is -0.147. The molecule has 0 saturated carbocycles. The van der Waals surface area contributed by atoms with Crippen LogP contribution in [0.4, 0.5) is 0 Å². The Morgan fingerprint density at radius 3 is 2.89 bits per heavy atom.